The average Bonchev–Trinajstić information content (AvgIpc) is 2.91. The summed E-state index contributed by atoms with van der Waals surface area (Å²) in [7, 11) is -3.03. The molecule has 0 aromatic rings. The molecule has 15 heavy (non-hydrogen) atoms. The summed E-state index contributed by atoms with van der Waals surface area (Å²) >= 11 is 5.97. The quantitative estimate of drug-likeness (QED) is 0.776. The summed E-state index contributed by atoms with van der Waals surface area (Å²) in [6.45, 7) is 0. The zero-order chi connectivity index (χ0) is 10.9. The first-order valence-electron chi connectivity index (χ1n) is 5.69. The van der Waals surface area contributed by atoms with Crippen molar-refractivity contribution in [3.63, 3.8) is 0 Å². The van der Waals surface area contributed by atoms with Gasteiger partial charge in [-0.2, -0.15) is 0 Å². The van der Waals surface area contributed by atoms with E-state index in [0.717, 1.165) is 38.5 Å². The molecule has 0 aromatic heterocycles. The lowest BCUT2D eigenvalue weighted by atomic mass is 9.96. The van der Waals surface area contributed by atoms with E-state index in [9.17, 15) is 8.42 Å². The third-order valence-electron chi connectivity index (χ3n) is 3.15. The van der Waals surface area contributed by atoms with E-state index in [1.54, 1.807) is 0 Å². The summed E-state index contributed by atoms with van der Waals surface area (Å²) in [6, 6.07) is 0.128. The van der Waals surface area contributed by atoms with E-state index in [1.807, 2.05) is 0 Å². The van der Waals surface area contributed by atoms with Crippen molar-refractivity contribution in [2.45, 2.75) is 49.9 Å². The second kappa shape index (κ2) is 4.60. The molecule has 2 fully saturated rings. The maximum absolute atomic E-state index is 11.7. The SMILES string of the molecule is O=S(=O)(CC1CC1)NC1CCC(Cl)CC1. The maximum Gasteiger partial charge on any atom is 0.212 e. The van der Waals surface area contributed by atoms with Gasteiger partial charge in [0.2, 0.25) is 10.0 Å². The minimum absolute atomic E-state index is 0.128. The van der Waals surface area contributed by atoms with Crippen LogP contribution in [0.1, 0.15) is 38.5 Å². The van der Waals surface area contributed by atoms with Gasteiger partial charge < -0.3 is 0 Å². The van der Waals surface area contributed by atoms with Crippen LogP contribution in [0.2, 0.25) is 0 Å². The molecule has 0 radical (unpaired) electrons. The fourth-order valence-corrected chi connectivity index (χ4v) is 4.11. The van der Waals surface area contributed by atoms with Crippen LogP contribution in [0.5, 0.6) is 0 Å². The van der Waals surface area contributed by atoms with Crippen LogP contribution in [0.4, 0.5) is 0 Å². The van der Waals surface area contributed by atoms with Crippen molar-refractivity contribution in [2.24, 2.45) is 5.92 Å². The first kappa shape index (κ1) is 11.7. The smallest absolute Gasteiger partial charge is 0.212 e. The second-order valence-corrected chi connectivity index (χ2v) is 7.21. The van der Waals surface area contributed by atoms with Crippen molar-refractivity contribution >= 4 is 21.6 Å². The Morgan fingerprint density at radius 3 is 2.20 bits per heavy atom. The van der Waals surface area contributed by atoms with Gasteiger partial charge in [-0.15, -0.1) is 11.6 Å². The van der Waals surface area contributed by atoms with Gasteiger partial charge in [0, 0.05) is 11.4 Å². The Kier molecular flexibility index (Phi) is 3.58. The second-order valence-electron chi connectivity index (χ2n) is 4.79. The van der Waals surface area contributed by atoms with E-state index in [4.69, 9.17) is 11.6 Å². The summed E-state index contributed by atoms with van der Waals surface area (Å²) in [4.78, 5) is 0. The largest absolute Gasteiger partial charge is 0.212 e. The standard InChI is InChI=1S/C10H18ClNO2S/c11-9-3-5-10(6-4-9)12-15(13,14)7-8-1-2-8/h8-10,12H,1-7H2. The van der Waals surface area contributed by atoms with Crippen molar-refractivity contribution in [3.8, 4) is 0 Å². The highest BCUT2D eigenvalue weighted by Gasteiger charge is 2.30. The molecule has 0 amide bonds. The summed E-state index contributed by atoms with van der Waals surface area (Å²) in [6.07, 6.45) is 5.79. The fourth-order valence-electron chi connectivity index (χ4n) is 2.07. The predicted molar refractivity (Wildman–Crippen MR) is 61.5 cm³/mol. The first-order valence-corrected chi connectivity index (χ1v) is 7.78. The maximum atomic E-state index is 11.7. The molecular formula is C10H18ClNO2S. The Morgan fingerprint density at radius 2 is 1.67 bits per heavy atom. The van der Waals surface area contributed by atoms with E-state index >= 15 is 0 Å². The molecule has 1 N–H and O–H groups in total. The van der Waals surface area contributed by atoms with Gasteiger partial charge in [0.05, 0.1) is 5.75 Å². The van der Waals surface area contributed by atoms with Crippen LogP contribution in [0.25, 0.3) is 0 Å². The summed E-state index contributed by atoms with van der Waals surface area (Å²) in [5, 5.41) is 0.245. The van der Waals surface area contributed by atoms with Crippen molar-refractivity contribution in [1.82, 2.24) is 4.72 Å². The first-order chi connectivity index (χ1) is 7.05. The van der Waals surface area contributed by atoms with Crippen molar-refractivity contribution in [2.75, 3.05) is 5.75 Å². The van der Waals surface area contributed by atoms with E-state index < -0.39 is 10.0 Å². The summed E-state index contributed by atoms with van der Waals surface area (Å²) in [5.74, 6) is 0.750. The Hall–Kier alpha value is 0.200. The van der Waals surface area contributed by atoms with Crippen LogP contribution in [-0.2, 0) is 10.0 Å². The molecule has 0 aliphatic heterocycles. The van der Waals surface area contributed by atoms with Gasteiger partial charge in [0.15, 0.2) is 0 Å². The molecule has 0 aromatic carbocycles. The summed E-state index contributed by atoms with van der Waals surface area (Å²) in [5.41, 5.74) is 0. The zero-order valence-electron chi connectivity index (χ0n) is 8.78. The Bertz CT molecular complexity index is 305. The number of hydrogen-bond donors (Lipinski definition) is 1. The monoisotopic (exact) mass is 251 g/mol. The molecule has 2 rings (SSSR count). The normalized spacial score (nSPS) is 32.9. The van der Waals surface area contributed by atoms with E-state index in [2.05, 4.69) is 4.72 Å². The van der Waals surface area contributed by atoms with E-state index in [0.29, 0.717) is 11.7 Å². The topological polar surface area (TPSA) is 46.2 Å². The minimum Gasteiger partial charge on any atom is -0.212 e. The third kappa shape index (κ3) is 3.93. The molecule has 0 unspecified atom stereocenters. The lowest BCUT2D eigenvalue weighted by molar-refractivity contribution is 0.416. The lowest BCUT2D eigenvalue weighted by Crippen LogP contribution is -2.39. The van der Waals surface area contributed by atoms with Gasteiger partial charge in [-0.25, -0.2) is 13.1 Å². The Balaban J connectivity index is 1.79. The molecule has 2 saturated carbocycles. The average molecular weight is 252 g/mol. The molecule has 3 nitrogen and oxygen atoms in total. The minimum atomic E-state index is -3.03. The highest BCUT2D eigenvalue weighted by atomic mass is 35.5. The lowest BCUT2D eigenvalue weighted by Gasteiger charge is -2.25. The van der Waals surface area contributed by atoms with Gasteiger partial charge in [-0.3, -0.25) is 0 Å². The van der Waals surface area contributed by atoms with Crippen LogP contribution in [0.15, 0.2) is 0 Å². The van der Waals surface area contributed by atoms with Crippen molar-refractivity contribution in [3.05, 3.63) is 0 Å². The number of alkyl halides is 1. The van der Waals surface area contributed by atoms with E-state index in [-0.39, 0.29) is 11.4 Å². The van der Waals surface area contributed by atoms with Crippen LogP contribution < -0.4 is 4.72 Å². The van der Waals surface area contributed by atoms with Crippen LogP contribution >= 0.6 is 11.6 Å². The number of halogens is 1. The zero-order valence-corrected chi connectivity index (χ0v) is 10.4. The fraction of sp³-hybridized carbons (Fsp3) is 1.00. The van der Waals surface area contributed by atoms with Gasteiger partial charge in [-0.05, 0) is 44.4 Å². The van der Waals surface area contributed by atoms with Gasteiger partial charge in [0.25, 0.3) is 0 Å². The molecule has 2 aliphatic rings. The number of hydrogen-bond acceptors (Lipinski definition) is 2. The van der Waals surface area contributed by atoms with Gasteiger partial charge in [-0.1, -0.05) is 0 Å². The molecule has 0 bridgehead atoms. The highest BCUT2D eigenvalue weighted by Crippen LogP contribution is 2.30. The highest BCUT2D eigenvalue weighted by molar-refractivity contribution is 7.89. The molecule has 0 atom stereocenters. The molecule has 5 heteroatoms. The molecule has 0 saturated heterocycles. The van der Waals surface area contributed by atoms with Crippen molar-refractivity contribution in [1.29, 1.82) is 0 Å². The molecule has 2 aliphatic carbocycles. The molecule has 88 valence electrons. The van der Waals surface area contributed by atoms with Crippen LogP contribution in [-0.4, -0.2) is 25.6 Å². The van der Waals surface area contributed by atoms with Gasteiger partial charge >= 0.3 is 0 Å². The number of sulfonamides is 1. The molecular weight excluding hydrogens is 234 g/mol. The number of rotatable bonds is 4. The Labute approximate surface area is 96.6 Å². The summed E-state index contributed by atoms with van der Waals surface area (Å²) < 4.78 is 26.2. The van der Waals surface area contributed by atoms with Crippen LogP contribution in [0, 0.1) is 5.92 Å². The molecule has 0 spiro atoms. The van der Waals surface area contributed by atoms with Gasteiger partial charge in [0.1, 0.15) is 0 Å². The van der Waals surface area contributed by atoms with E-state index in [1.165, 1.54) is 0 Å². The Morgan fingerprint density at radius 1 is 1.07 bits per heavy atom. The number of nitrogens with one attached hydrogen (secondary N) is 1. The molecule has 0 heterocycles. The predicted octanol–water partition coefficient (Wildman–Crippen LogP) is 1.87. The van der Waals surface area contributed by atoms with Crippen molar-refractivity contribution < 1.29 is 8.42 Å². The van der Waals surface area contributed by atoms with Crippen LogP contribution in [0.3, 0.4) is 0 Å². The third-order valence-corrected chi connectivity index (χ3v) is 5.19.